The lowest BCUT2D eigenvalue weighted by atomic mass is 9.99. The van der Waals surface area contributed by atoms with E-state index in [2.05, 4.69) is 25.6 Å². The van der Waals surface area contributed by atoms with Crippen molar-refractivity contribution >= 4 is 5.91 Å². The first-order chi connectivity index (χ1) is 11.7. The van der Waals surface area contributed by atoms with Crippen LogP contribution in [0.2, 0.25) is 0 Å². The van der Waals surface area contributed by atoms with Crippen molar-refractivity contribution in [3.8, 4) is 0 Å². The molecular formula is C14H17F3N6O2. The third kappa shape index (κ3) is 3.36. The highest BCUT2D eigenvalue weighted by Crippen LogP contribution is 2.31. The van der Waals surface area contributed by atoms with Crippen molar-refractivity contribution in [2.45, 2.75) is 45.2 Å². The lowest BCUT2D eigenvalue weighted by Crippen LogP contribution is -2.27. The molecule has 1 amide bonds. The molecular weight excluding hydrogens is 341 g/mol. The number of H-pyrrole nitrogens is 1. The van der Waals surface area contributed by atoms with Crippen molar-refractivity contribution in [1.82, 2.24) is 30.3 Å². The first kappa shape index (κ1) is 17.4. The molecule has 0 spiro atoms. The van der Waals surface area contributed by atoms with Crippen LogP contribution in [0.4, 0.5) is 13.2 Å². The summed E-state index contributed by atoms with van der Waals surface area (Å²) in [5.74, 6) is -1.84. The minimum absolute atomic E-state index is 0.0538. The van der Waals surface area contributed by atoms with Gasteiger partial charge in [-0.2, -0.15) is 18.3 Å². The number of amides is 1. The first-order valence-corrected chi connectivity index (χ1v) is 7.64. The van der Waals surface area contributed by atoms with Crippen LogP contribution in [0.25, 0.3) is 0 Å². The molecule has 2 N–H and O–H groups in total. The largest absolute Gasteiger partial charge is 0.453 e. The summed E-state index contributed by atoms with van der Waals surface area (Å²) in [5, 5.41) is 12.0. The number of fused-ring (bicyclic) bond motifs is 1. The van der Waals surface area contributed by atoms with Crippen molar-refractivity contribution in [2.24, 2.45) is 7.05 Å². The number of nitrogens with one attached hydrogen (secondary N) is 2. The molecule has 25 heavy (non-hydrogen) atoms. The van der Waals surface area contributed by atoms with Crippen LogP contribution in [-0.4, -0.2) is 37.0 Å². The molecule has 11 heteroatoms. The van der Waals surface area contributed by atoms with E-state index >= 15 is 0 Å². The summed E-state index contributed by atoms with van der Waals surface area (Å²) < 4.78 is 44.7. The number of hydrogen-bond donors (Lipinski definition) is 2. The fourth-order valence-corrected chi connectivity index (χ4v) is 2.97. The molecule has 0 saturated heterocycles. The van der Waals surface area contributed by atoms with E-state index in [9.17, 15) is 18.0 Å². The van der Waals surface area contributed by atoms with Gasteiger partial charge in [0.05, 0.1) is 24.4 Å². The zero-order chi connectivity index (χ0) is 18.4. The molecule has 1 aliphatic heterocycles. The van der Waals surface area contributed by atoms with E-state index in [4.69, 9.17) is 4.74 Å². The molecule has 0 radical (unpaired) electrons. The molecule has 0 bridgehead atoms. The van der Waals surface area contributed by atoms with Crippen LogP contribution in [0, 0.1) is 0 Å². The average molecular weight is 358 g/mol. The van der Waals surface area contributed by atoms with E-state index in [1.165, 1.54) is 0 Å². The summed E-state index contributed by atoms with van der Waals surface area (Å²) in [6.07, 6.45) is -4.34. The van der Waals surface area contributed by atoms with Crippen molar-refractivity contribution < 1.29 is 22.7 Å². The Bertz CT molecular complexity index is 797. The summed E-state index contributed by atoms with van der Waals surface area (Å²) in [6, 6.07) is 0. The van der Waals surface area contributed by atoms with Crippen molar-refractivity contribution in [3.63, 3.8) is 0 Å². The molecule has 8 nitrogen and oxygen atoms in total. The fraction of sp³-hybridized carbons (Fsp3) is 0.571. The zero-order valence-electron chi connectivity index (χ0n) is 13.8. The highest BCUT2D eigenvalue weighted by molar-refractivity contribution is 5.94. The number of halogens is 3. The van der Waals surface area contributed by atoms with Crippen LogP contribution in [0.1, 0.15) is 53.3 Å². The zero-order valence-corrected chi connectivity index (χ0v) is 13.8. The summed E-state index contributed by atoms with van der Waals surface area (Å²) in [4.78, 5) is 15.7. The molecule has 3 rings (SSSR count). The number of nitrogens with zero attached hydrogens (tertiary/aromatic N) is 4. The van der Waals surface area contributed by atoms with E-state index in [1.54, 1.807) is 11.7 Å². The Balaban J connectivity index is 1.74. The van der Waals surface area contributed by atoms with E-state index in [1.807, 2.05) is 13.8 Å². The number of hydrogen-bond acceptors (Lipinski definition) is 5. The maximum absolute atomic E-state index is 12.5. The maximum Gasteiger partial charge on any atom is 0.453 e. The molecule has 2 aromatic heterocycles. The SMILES string of the molecule is C[C@@H]1Cc2c(C(=O)NCc3nc(C(F)(F)F)n[nH]3)nn(C)c2[C@H](C)O1. The van der Waals surface area contributed by atoms with Crippen LogP contribution in [0.3, 0.4) is 0 Å². The third-order valence-electron chi connectivity index (χ3n) is 3.92. The standard InChI is InChI=1S/C14H17F3N6O2/c1-6-4-8-10(22-23(3)11(8)7(2)25-6)12(24)18-5-9-19-13(21-20-9)14(15,16)17/h6-7H,4-5H2,1-3H3,(H,18,24)(H,19,20,21)/t6-,7+/m1/s1. The molecule has 136 valence electrons. The quantitative estimate of drug-likeness (QED) is 0.867. The summed E-state index contributed by atoms with van der Waals surface area (Å²) >= 11 is 0. The second-order valence-corrected chi connectivity index (χ2v) is 5.92. The minimum atomic E-state index is -4.63. The molecule has 0 aromatic carbocycles. The van der Waals surface area contributed by atoms with Crippen LogP contribution in [0.15, 0.2) is 0 Å². The van der Waals surface area contributed by atoms with Gasteiger partial charge < -0.3 is 10.1 Å². The maximum atomic E-state index is 12.5. The van der Waals surface area contributed by atoms with Crippen LogP contribution in [-0.2, 0) is 30.9 Å². The van der Waals surface area contributed by atoms with Crippen molar-refractivity contribution in [1.29, 1.82) is 0 Å². The lowest BCUT2D eigenvalue weighted by Gasteiger charge is -2.26. The Labute approximate surface area is 140 Å². The van der Waals surface area contributed by atoms with Gasteiger partial charge in [-0.15, -0.1) is 5.10 Å². The van der Waals surface area contributed by atoms with E-state index in [0.717, 1.165) is 11.3 Å². The van der Waals surface area contributed by atoms with Crippen molar-refractivity contribution in [2.75, 3.05) is 0 Å². The highest BCUT2D eigenvalue weighted by Gasteiger charge is 2.36. The predicted octanol–water partition coefficient (Wildman–Crippen LogP) is 1.51. The Morgan fingerprint density at radius 3 is 2.80 bits per heavy atom. The molecule has 0 fully saturated rings. The molecule has 0 saturated carbocycles. The van der Waals surface area contributed by atoms with Gasteiger partial charge in [0.2, 0.25) is 0 Å². The molecule has 3 heterocycles. The van der Waals surface area contributed by atoms with Gasteiger partial charge in [-0.1, -0.05) is 0 Å². The van der Waals surface area contributed by atoms with Gasteiger partial charge in [-0.25, -0.2) is 4.98 Å². The van der Waals surface area contributed by atoms with Gasteiger partial charge in [0.1, 0.15) is 5.82 Å². The Morgan fingerprint density at radius 1 is 1.44 bits per heavy atom. The van der Waals surface area contributed by atoms with E-state index in [-0.39, 0.29) is 30.3 Å². The van der Waals surface area contributed by atoms with Gasteiger partial charge in [0, 0.05) is 19.0 Å². The first-order valence-electron chi connectivity index (χ1n) is 7.64. The molecule has 0 aliphatic carbocycles. The fourth-order valence-electron chi connectivity index (χ4n) is 2.97. The average Bonchev–Trinajstić information content (AvgIpc) is 3.09. The van der Waals surface area contributed by atoms with Crippen LogP contribution < -0.4 is 5.32 Å². The van der Waals surface area contributed by atoms with Gasteiger partial charge in [-0.05, 0) is 13.8 Å². The second-order valence-electron chi connectivity index (χ2n) is 5.92. The minimum Gasteiger partial charge on any atom is -0.369 e. The molecule has 1 aliphatic rings. The van der Waals surface area contributed by atoms with E-state index in [0.29, 0.717) is 6.42 Å². The summed E-state index contributed by atoms with van der Waals surface area (Å²) in [6.45, 7) is 3.57. The number of carbonyl (C=O) groups is 1. The lowest BCUT2D eigenvalue weighted by molar-refractivity contribution is -0.144. The van der Waals surface area contributed by atoms with Gasteiger partial charge in [-0.3, -0.25) is 14.6 Å². The normalized spacial score (nSPS) is 20.4. The molecule has 2 atom stereocenters. The topological polar surface area (TPSA) is 97.7 Å². The number of carbonyl (C=O) groups excluding carboxylic acids is 1. The number of aromatic amines is 1. The Morgan fingerprint density at radius 2 is 2.16 bits per heavy atom. The predicted molar refractivity (Wildman–Crippen MR) is 78.4 cm³/mol. The summed E-state index contributed by atoms with van der Waals surface area (Å²) in [5.41, 5.74) is 1.86. The van der Waals surface area contributed by atoms with Gasteiger partial charge >= 0.3 is 6.18 Å². The highest BCUT2D eigenvalue weighted by atomic mass is 19.4. The molecule has 0 unspecified atom stereocenters. The Kier molecular flexibility index (Phi) is 4.27. The molecule has 2 aromatic rings. The van der Waals surface area contributed by atoms with Crippen LogP contribution in [0.5, 0.6) is 0 Å². The number of rotatable bonds is 3. The van der Waals surface area contributed by atoms with Crippen LogP contribution >= 0.6 is 0 Å². The summed E-state index contributed by atoms with van der Waals surface area (Å²) in [7, 11) is 1.72. The van der Waals surface area contributed by atoms with Gasteiger partial charge in [0.15, 0.2) is 5.69 Å². The second kappa shape index (κ2) is 6.14. The number of aromatic nitrogens is 5. The monoisotopic (exact) mass is 358 g/mol. The number of aryl methyl sites for hydroxylation is 1. The van der Waals surface area contributed by atoms with Crippen molar-refractivity contribution in [3.05, 3.63) is 28.6 Å². The smallest absolute Gasteiger partial charge is 0.369 e. The number of ether oxygens (including phenoxy) is 1. The van der Waals surface area contributed by atoms with Gasteiger partial charge in [0.25, 0.3) is 11.7 Å². The number of alkyl halides is 3. The Hall–Kier alpha value is -2.43. The third-order valence-corrected chi connectivity index (χ3v) is 3.92. The van der Waals surface area contributed by atoms with E-state index < -0.39 is 17.9 Å².